The molecule has 14 heavy (non-hydrogen) atoms. The van der Waals surface area contributed by atoms with Crippen LogP contribution in [0.3, 0.4) is 0 Å². The van der Waals surface area contributed by atoms with E-state index < -0.39 is 0 Å². The van der Waals surface area contributed by atoms with Gasteiger partial charge in [-0.25, -0.2) is 0 Å². The Morgan fingerprint density at radius 2 is 1.64 bits per heavy atom. The predicted molar refractivity (Wildman–Crippen MR) is 61.4 cm³/mol. The van der Waals surface area contributed by atoms with E-state index in [-0.39, 0.29) is 0 Å². The Morgan fingerprint density at radius 1 is 1.00 bits per heavy atom. The first kappa shape index (κ1) is 16.1. The van der Waals surface area contributed by atoms with Crippen molar-refractivity contribution in [1.29, 1.82) is 0 Å². The number of aliphatic hydroxyl groups is 1. The second-order valence-electron chi connectivity index (χ2n) is 3.43. The molecule has 0 aliphatic carbocycles. The lowest BCUT2D eigenvalue weighted by Gasteiger charge is -1.90. The van der Waals surface area contributed by atoms with Crippen LogP contribution in [0.25, 0.3) is 0 Å². The van der Waals surface area contributed by atoms with Gasteiger partial charge in [-0.1, -0.05) is 40.0 Å². The van der Waals surface area contributed by atoms with Crippen LogP contribution >= 0.6 is 0 Å². The molecule has 0 aromatic carbocycles. The van der Waals surface area contributed by atoms with E-state index in [9.17, 15) is 4.79 Å². The number of Topliss-reactive ketones (excluding diaryl/α,β-unsaturated/α-hetero) is 1. The summed E-state index contributed by atoms with van der Waals surface area (Å²) < 4.78 is 0. The first-order valence-corrected chi connectivity index (χ1v) is 5.85. The van der Waals surface area contributed by atoms with Gasteiger partial charge in [0.05, 0.1) is 0 Å². The third kappa shape index (κ3) is 17.6. The maximum absolute atomic E-state index is 10.4. The van der Waals surface area contributed by atoms with Gasteiger partial charge in [-0.05, 0) is 12.8 Å². The summed E-state index contributed by atoms with van der Waals surface area (Å²) in [5.74, 6) is 0.377. The fraction of sp³-hybridized carbons (Fsp3) is 0.917. The Labute approximate surface area is 88.7 Å². The highest BCUT2D eigenvalue weighted by atomic mass is 16.2. The highest BCUT2D eigenvalue weighted by Crippen LogP contribution is 1.96. The van der Waals surface area contributed by atoms with E-state index in [0.717, 1.165) is 19.3 Å². The van der Waals surface area contributed by atoms with E-state index in [4.69, 9.17) is 5.11 Å². The Morgan fingerprint density at radius 3 is 1.93 bits per heavy atom. The van der Waals surface area contributed by atoms with Gasteiger partial charge in [0.25, 0.3) is 0 Å². The van der Waals surface area contributed by atoms with Crippen molar-refractivity contribution in [3.63, 3.8) is 0 Å². The van der Waals surface area contributed by atoms with Crippen LogP contribution in [0.15, 0.2) is 0 Å². The van der Waals surface area contributed by atoms with Crippen molar-refractivity contribution in [1.82, 2.24) is 0 Å². The maximum atomic E-state index is 10.4. The summed E-state index contributed by atoms with van der Waals surface area (Å²) in [6, 6.07) is 0. The molecule has 0 unspecified atom stereocenters. The molecule has 0 aliphatic rings. The zero-order chi connectivity index (χ0) is 11.2. The van der Waals surface area contributed by atoms with Crippen LogP contribution in [0.1, 0.15) is 65.7 Å². The van der Waals surface area contributed by atoms with Crippen molar-refractivity contribution in [3.05, 3.63) is 0 Å². The fourth-order valence-electron chi connectivity index (χ4n) is 0.994. The molecule has 0 aromatic rings. The quantitative estimate of drug-likeness (QED) is 0.643. The van der Waals surface area contributed by atoms with Gasteiger partial charge >= 0.3 is 0 Å². The number of hydrogen-bond donors (Lipinski definition) is 1. The Kier molecular flexibility index (Phi) is 17.4. The smallest absolute Gasteiger partial charge is 0.132 e. The van der Waals surface area contributed by atoms with E-state index in [1.54, 1.807) is 0 Å². The minimum absolute atomic E-state index is 0.361. The lowest BCUT2D eigenvalue weighted by molar-refractivity contribution is -0.118. The fourth-order valence-corrected chi connectivity index (χ4v) is 0.994. The Balaban J connectivity index is 0. The largest absolute Gasteiger partial charge is 0.396 e. The van der Waals surface area contributed by atoms with E-state index in [1.165, 1.54) is 19.3 Å². The van der Waals surface area contributed by atoms with Crippen LogP contribution in [0.5, 0.6) is 0 Å². The minimum atomic E-state index is 0.361. The molecule has 2 nitrogen and oxygen atoms in total. The summed E-state index contributed by atoms with van der Waals surface area (Å²) in [5, 5.41) is 8.29. The first-order chi connectivity index (χ1) is 6.72. The SMILES string of the molecule is CCCC(=O)CC.CCCCCCO. The summed E-state index contributed by atoms with van der Waals surface area (Å²) in [6.07, 6.45) is 7.14. The molecule has 86 valence electrons. The maximum Gasteiger partial charge on any atom is 0.132 e. The van der Waals surface area contributed by atoms with E-state index >= 15 is 0 Å². The van der Waals surface area contributed by atoms with Crippen molar-refractivity contribution in [3.8, 4) is 0 Å². The standard InChI is InChI=1S/C6H12O.C6H14O/c1-3-5-6(7)4-2;1-2-3-4-5-6-7/h3-5H2,1-2H3;7H,2-6H2,1H3. The molecule has 0 spiro atoms. The van der Waals surface area contributed by atoms with Gasteiger partial charge in [0, 0.05) is 19.4 Å². The lowest BCUT2D eigenvalue weighted by atomic mass is 10.2. The number of rotatable bonds is 7. The molecule has 0 radical (unpaired) electrons. The number of hydrogen-bond acceptors (Lipinski definition) is 2. The number of unbranched alkanes of at least 4 members (excludes halogenated alkanes) is 3. The minimum Gasteiger partial charge on any atom is -0.396 e. The molecule has 0 fully saturated rings. The first-order valence-electron chi connectivity index (χ1n) is 5.85. The molecule has 0 aromatic heterocycles. The summed E-state index contributed by atoms with van der Waals surface area (Å²) in [5.41, 5.74) is 0. The third-order valence-corrected chi connectivity index (χ3v) is 1.93. The molecular weight excluding hydrogens is 176 g/mol. The second kappa shape index (κ2) is 15.1. The van der Waals surface area contributed by atoms with Crippen molar-refractivity contribution >= 4 is 5.78 Å². The molecule has 0 amide bonds. The van der Waals surface area contributed by atoms with Gasteiger partial charge in [0.1, 0.15) is 5.78 Å². The highest BCUT2D eigenvalue weighted by Gasteiger charge is 1.91. The molecule has 0 aliphatic heterocycles. The molecule has 2 heteroatoms. The summed E-state index contributed by atoms with van der Waals surface area (Å²) in [6.45, 7) is 6.45. The van der Waals surface area contributed by atoms with Gasteiger partial charge < -0.3 is 5.11 Å². The number of carbonyl (C=O) groups excluding carboxylic acids is 1. The summed E-state index contributed by atoms with van der Waals surface area (Å²) in [4.78, 5) is 10.4. The van der Waals surface area contributed by atoms with Crippen LogP contribution in [0, 0.1) is 0 Å². The Bertz CT molecular complexity index is 107. The van der Waals surface area contributed by atoms with Gasteiger partial charge in [0.2, 0.25) is 0 Å². The monoisotopic (exact) mass is 202 g/mol. The van der Waals surface area contributed by atoms with Crippen molar-refractivity contribution in [2.45, 2.75) is 65.7 Å². The van der Waals surface area contributed by atoms with Crippen LogP contribution in [0.2, 0.25) is 0 Å². The molecular formula is C12H26O2. The zero-order valence-electron chi connectivity index (χ0n) is 10.0. The molecule has 1 N–H and O–H groups in total. The van der Waals surface area contributed by atoms with Gasteiger partial charge in [-0.2, -0.15) is 0 Å². The number of ketones is 1. The van der Waals surface area contributed by atoms with Crippen molar-refractivity contribution < 1.29 is 9.90 Å². The summed E-state index contributed by atoms with van der Waals surface area (Å²) in [7, 11) is 0. The van der Waals surface area contributed by atoms with Gasteiger partial charge in [0.15, 0.2) is 0 Å². The second-order valence-corrected chi connectivity index (χ2v) is 3.43. The highest BCUT2D eigenvalue weighted by molar-refractivity contribution is 5.77. The normalized spacial score (nSPS) is 9.14. The molecule has 0 saturated carbocycles. The zero-order valence-corrected chi connectivity index (χ0v) is 10.0. The van der Waals surface area contributed by atoms with Crippen molar-refractivity contribution in [2.24, 2.45) is 0 Å². The number of aliphatic hydroxyl groups excluding tert-OH is 1. The van der Waals surface area contributed by atoms with E-state index in [0.29, 0.717) is 18.8 Å². The predicted octanol–water partition coefficient (Wildman–Crippen LogP) is 3.32. The summed E-state index contributed by atoms with van der Waals surface area (Å²) >= 11 is 0. The average Bonchev–Trinajstić information content (AvgIpc) is 2.20. The Hall–Kier alpha value is -0.370. The van der Waals surface area contributed by atoms with Gasteiger partial charge in [-0.3, -0.25) is 4.79 Å². The molecule has 0 rings (SSSR count). The average molecular weight is 202 g/mol. The molecule has 0 bridgehead atoms. The van der Waals surface area contributed by atoms with E-state index in [1.807, 2.05) is 13.8 Å². The molecule has 0 atom stereocenters. The number of carbonyl (C=O) groups is 1. The molecule has 0 saturated heterocycles. The third-order valence-electron chi connectivity index (χ3n) is 1.93. The van der Waals surface area contributed by atoms with Crippen molar-refractivity contribution in [2.75, 3.05) is 6.61 Å². The van der Waals surface area contributed by atoms with Gasteiger partial charge in [-0.15, -0.1) is 0 Å². The molecule has 0 heterocycles. The van der Waals surface area contributed by atoms with Crippen LogP contribution < -0.4 is 0 Å². The van der Waals surface area contributed by atoms with E-state index in [2.05, 4.69) is 6.92 Å². The van der Waals surface area contributed by atoms with Crippen LogP contribution in [0.4, 0.5) is 0 Å². The van der Waals surface area contributed by atoms with Crippen LogP contribution in [-0.2, 0) is 4.79 Å². The topological polar surface area (TPSA) is 37.3 Å². The lowest BCUT2D eigenvalue weighted by Crippen LogP contribution is -1.91. The van der Waals surface area contributed by atoms with Crippen LogP contribution in [-0.4, -0.2) is 17.5 Å².